The summed E-state index contributed by atoms with van der Waals surface area (Å²) in [6, 6.07) is 10.2. The molecule has 15 heteroatoms. The Bertz CT molecular complexity index is 1730. The number of fused-ring (bicyclic) bond motifs is 3. The quantitative estimate of drug-likeness (QED) is 0.181. The minimum atomic E-state index is -3.75. The average Bonchev–Trinajstić information content (AvgIpc) is 3.40. The molecule has 0 aliphatic carbocycles. The Balaban J connectivity index is 1.12. The van der Waals surface area contributed by atoms with E-state index in [-0.39, 0.29) is 4.90 Å². The van der Waals surface area contributed by atoms with Crippen LogP contribution in [0.5, 0.6) is 11.5 Å². The highest BCUT2D eigenvalue weighted by Crippen LogP contribution is 2.38. The standard InChI is InChI=1S/C29H36N8O5S2/c1-40-24-17-22-23(18-25(24)42-14-2-7-35-12-15-41-16-13-35)34-27-26(22)28(32-19-31-27)36-8-10-37(11-9-36)29(43)33-20-3-5-21(6-4-20)44(30,38)39/h3-6,17-19H,2,7-16H2,1H3,(H,33,43)(H2,30,38,39)(H,31,32,34)/p+1. The van der Waals surface area contributed by atoms with Crippen LogP contribution in [0.25, 0.3) is 21.9 Å². The number of rotatable bonds is 9. The van der Waals surface area contributed by atoms with Gasteiger partial charge >= 0.3 is 0 Å². The van der Waals surface area contributed by atoms with E-state index >= 15 is 0 Å². The molecule has 0 atom stereocenters. The van der Waals surface area contributed by atoms with E-state index in [1.807, 2.05) is 12.1 Å². The number of piperazine rings is 1. The summed E-state index contributed by atoms with van der Waals surface area (Å²) in [7, 11) is -2.09. The smallest absolute Gasteiger partial charge is 0.238 e. The monoisotopic (exact) mass is 641 g/mol. The number of ether oxygens (including phenoxy) is 3. The number of sulfonamides is 1. The molecule has 0 radical (unpaired) electrons. The number of morpholine rings is 1. The maximum Gasteiger partial charge on any atom is 0.238 e. The zero-order valence-electron chi connectivity index (χ0n) is 24.5. The summed E-state index contributed by atoms with van der Waals surface area (Å²) in [4.78, 5) is 18.2. The lowest BCUT2D eigenvalue weighted by atomic mass is 10.1. The first-order valence-corrected chi connectivity index (χ1v) is 16.5. The van der Waals surface area contributed by atoms with Crippen LogP contribution in [-0.4, -0.2) is 106 Å². The SMILES string of the molecule is COc1cc2c(cc1OCCCN1CCOCC1)[nH]c1nc[nH+]c(N3CCN(C(=S)Nc4ccc(S(N)(=O)=O)cc4)CC3)c12. The van der Waals surface area contributed by atoms with Gasteiger partial charge in [0, 0.05) is 36.8 Å². The topological polar surface area (TPSA) is 152 Å². The van der Waals surface area contributed by atoms with Gasteiger partial charge in [0.2, 0.25) is 27.8 Å². The van der Waals surface area contributed by atoms with Crippen LogP contribution >= 0.6 is 12.2 Å². The number of primary sulfonamides is 1. The van der Waals surface area contributed by atoms with Crippen LogP contribution in [0, 0.1) is 0 Å². The van der Waals surface area contributed by atoms with Crippen molar-refractivity contribution in [1.82, 2.24) is 19.8 Å². The summed E-state index contributed by atoms with van der Waals surface area (Å²) in [5.41, 5.74) is 2.40. The maximum atomic E-state index is 11.5. The van der Waals surface area contributed by atoms with Crippen LogP contribution in [0.4, 0.5) is 11.5 Å². The molecule has 234 valence electrons. The fourth-order valence-electron chi connectivity index (χ4n) is 5.63. The van der Waals surface area contributed by atoms with E-state index in [9.17, 15) is 8.42 Å². The van der Waals surface area contributed by atoms with Crippen molar-refractivity contribution >= 4 is 60.8 Å². The fourth-order valence-corrected chi connectivity index (χ4v) is 6.45. The van der Waals surface area contributed by atoms with Crippen molar-refractivity contribution in [2.24, 2.45) is 5.14 Å². The number of hydrogen-bond donors (Lipinski definition) is 3. The Labute approximate surface area is 261 Å². The van der Waals surface area contributed by atoms with Crippen LogP contribution < -0.4 is 29.8 Å². The van der Waals surface area contributed by atoms with Crippen molar-refractivity contribution in [2.45, 2.75) is 11.3 Å². The molecule has 4 heterocycles. The Morgan fingerprint density at radius 3 is 2.57 bits per heavy atom. The minimum absolute atomic E-state index is 0.0561. The number of H-pyrrole nitrogens is 2. The summed E-state index contributed by atoms with van der Waals surface area (Å²) in [6.07, 6.45) is 2.63. The van der Waals surface area contributed by atoms with E-state index in [0.29, 0.717) is 42.0 Å². The van der Waals surface area contributed by atoms with Gasteiger partial charge in [0.1, 0.15) is 5.39 Å². The van der Waals surface area contributed by atoms with Gasteiger partial charge in [0.05, 0.1) is 63.5 Å². The zero-order chi connectivity index (χ0) is 30.7. The Kier molecular flexibility index (Phi) is 9.00. The van der Waals surface area contributed by atoms with Crippen LogP contribution in [0.3, 0.4) is 0 Å². The second-order valence-electron chi connectivity index (χ2n) is 10.8. The van der Waals surface area contributed by atoms with E-state index < -0.39 is 10.0 Å². The highest BCUT2D eigenvalue weighted by molar-refractivity contribution is 7.89. The third-order valence-electron chi connectivity index (χ3n) is 7.99. The maximum absolute atomic E-state index is 11.5. The van der Waals surface area contributed by atoms with E-state index in [4.69, 9.17) is 31.6 Å². The molecule has 2 fully saturated rings. The molecule has 0 bridgehead atoms. The van der Waals surface area contributed by atoms with Crippen molar-refractivity contribution in [1.29, 1.82) is 0 Å². The summed E-state index contributed by atoms with van der Waals surface area (Å²) < 4.78 is 40.4. The molecule has 0 amide bonds. The molecule has 0 saturated carbocycles. The fraction of sp³-hybridized carbons (Fsp3) is 0.414. The van der Waals surface area contributed by atoms with Crippen LogP contribution in [0.1, 0.15) is 6.42 Å². The molecule has 2 aromatic carbocycles. The molecule has 6 rings (SSSR count). The van der Waals surface area contributed by atoms with Crippen molar-refractivity contribution in [3.05, 3.63) is 42.7 Å². The van der Waals surface area contributed by atoms with E-state index in [1.165, 1.54) is 12.1 Å². The number of methoxy groups -OCH3 is 1. The third-order valence-corrected chi connectivity index (χ3v) is 9.28. The molecule has 2 aliphatic rings. The Hall–Kier alpha value is -3.76. The summed E-state index contributed by atoms with van der Waals surface area (Å²) in [6.45, 7) is 7.96. The number of nitrogens with one attached hydrogen (secondary N) is 3. The number of aromatic amines is 2. The second-order valence-corrected chi connectivity index (χ2v) is 12.7. The van der Waals surface area contributed by atoms with Gasteiger partial charge in [-0.3, -0.25) is 9.80 Å². The molecule has 2 saturated heterocycles. The highest BCUT2D eigenvalue weighted by Gasteiger charge is 2.28. The highest BCUT2D eigenvalue weighted by atomic mass is 32.2. The van der Waals surface area contributed by atoms with Crippen LogP contribution in [0.2, 0.25) is 0 Å². The lowest BCUT2D eigenvalue weighted by Crippen LogP contribution is -2.51. The Morgan fingerprint density at radius 1 is 1.11 bits per heavy atom. The van der Waals surface area contributed by atoms with Gasteiger partial charge in [-0.1, -0.05) is 4.98 Å². The molecular formula is C29H37N8O5S2+. The summed E-state index contributed by atoms with van der Waals surface area (Å²) in [5.74, 6) is 2.35. The minimum Gasteiger partial charge on any atom is -0.493 e. The van der Waals surface area contributed by atoms with Crippen molar-refractivity contribution in [3.8, 4) is 11.5 Å². The molecular weight excluding hydrogens is 605 g/mol. The van der Waals surface area contributed by atoms with Crippen molar-refractivity contribution < 1.29 is 27.6 Å². The molecule has 13 nitrogen and oxygen atoms in total. The van der Waals surface area contributed by atoms with Crippen molar-refractivity contribution in [2.75, 3.05) is 83.0 Å². The molecule has 2 aliphatic heterocycles. The normalized spacial score (nSPS) is 16.4. The first-order valence-electron chi connectivity index (χ1n) is 14.6. The van der Waals surface area contributed by atoms with Gasteiger partial charge < -0.3 is 29.4 Å². The van der Waals surface area contributed by atoms with Gasteiger partial charge in [-0.05, 0) is 49.0 Å². The number of hydrogen-bond acceptors (Lipinski definition) is 9. The second kappa shape index (κ2) is 13.1. The van der Waals surface area contributed by atoms with Crippen LogP contribution in [-0.2, 0) is 14.8 Å². The van der Waals surface area contributed by atoms with Gasteiger partial charge in [-0.2, -0.15) is 0 Å². The Morgan fingerprint density at radius 2 is 1.86 bits per heavy atom. The number of aromatic nitrogens is 3. The number of nitrogens with two attached hydrogens (primary N) is 1. The molecule has 2 aromatic heterocycles. The summed E-state index contributed by atoms with van der Waals surface area (Å²) >= 11 is 5.65. The first kappa shape index (κ1) is 30.3. The molecule has 0 spiro atoms. The van der Waals surface area contributed by atoms with Gasteiger partial charge in [0.25, 0.3) is 0 Å². The molecule has 44 heavy (non-hydrogen) atoms. The van der Waals surface area contributed by atoms with E-state index in [0.717, 1.165) is 80.1 Å². The largest absolute Gasteiger partial charge is 0.493 e. The first-order chi connectivity index (χ1) is 21.3. The predicted molar refractivity (Wildman–Crippen MR) is 172 cm³/mol. The van der Waals surface area contributed by atoms with Gasteiger partial charge in [0.15, 0.2) is 16.6 Å². The molecule has 0 unspecified atom stereocenters. The number of benzene rings is 2. The van der Waals surface area contributed by atoms with E-state index in [2.05, 4.69) is 35.0 Å². The molecule has 5 N–H and O–H groups in total. The number of anilines is 2. The lowest BCUT2D eigenvalue weighted by Gasteiger charge is -2.34. The predicted octanol–water partition coefficient (Wildman–Crippen LogP) is 1.81. The third kappa shape index (κ3) is 6.66. The number of thiocarbonyl (C=S) groups is 1. The van der Waals surface area contributed by atoms with E-state index in [1.54, 1.807) is 25.6 Å². The lowest BCUT2D eigenvalue weighted by molar-refractivity contribution is -0.367. The summed E-state index contributed by atoms with van der Waals surface area (Å²) in [5, 5.41) is 11.0. The zero-order valence-corrected chi connectivity index (χ0v) is 26.2. The van der Waals surface area contributed by atoms with Gasteiger partial charge in [-0.25, -0.2) is 18.5 Å². The average molecular weight is 642 g/mol. The number of nitrogens with zero attached hydrogens (tertiary/aromatic N) is 4. The van der Waals surface area contributed by atoms with Gasteiger partial charge in [-0.15, -0.1) is 0 Å². The molecule has 4 aromatic rings. The van der Waals surface area contributed by atoms with Crippen molar-refractivity contribution in [3.63, 3.8) is 0 Å². The van der Waals surface area contributed by atoms with Crippen LogP contribution in [0.15, 0.2) is 47.6 Å².